The SMILES string of the molecule is CCCn1nccc1CNCC1CCC1. The number of nitrogens with zero attached hydrogens (tertiary/aromatic N) is 2. The van der Waals surface area contributed by atoms with E-state index in [2.05, 4.69) is 28.1 Å². The van der Waals surface area contributed by atoms with E-state index in [0.717, 1.165) is 25.4 Å². The first-order chi connectivity index (χ1) is 7.40. The van der Waals surface area contributed by atoms with E-state index in [1.807, 2.05) is 6.20 Å². The van der Waals surface area contributed by atoms with Gasteiger partial charge in [-0.15, -0.1) is 0 Å². The Kier molecular flexibility index (Phi) is 3.78. The Bertz CT molecular complexity index is 289. The van der Waals surface area contributed by atoms with Crippen LogP contribution in [0.2, 0.25) is 0 Å². The fourth-order valence-corrected chi connectivity index (χ4v) is 2.02. The molecular weight excluding hydrogens is 186 g/mol. The second-order valence-electron chi connectivity index (χ2n) is 4.47. The van der Waals surface area contributed by atoms with E-state index in [9.17, 15) is 0 Å². The van der Waals surface area contributed by atoms with Crippen LogP contribution >= 0.6 is 0 Å². The topological polar surface area (TPSA) is 29.9 Å². The minimum absolute atomic E-state index is 0.938. The van der Waals surface area contributed by atoms with Gasteiger partial charge in [-0.05, 0) is 37.8 Å². The first kappa shape index (κ1) is 10.7. The molecule has 1 N–H and O–H groups in total. The average Bonchev–Trinajstić information content (AvgIpc) is 2.58. The lowest BCUT2D eigenvalue weighted by atomic mass is 9.85. The largest absolute Gasteiger partial charge is 0.311 e. The normalized spacial score (nSPS) is 16.6. The van der Waals surface area contributed by atoms with Gasteiger partial charge in [0.1, 0.15) is 0 Å². The molecule has 2 rings (SSSR count). The Morgan fingerprint density at radius 3 is 3.07 bits per heavy atom. The van der Waals surface area contributed by atoms with E-state index < -0.39 is 0 Å². The van der Waals surface area contributed by atoms with Crippen molar-refractivity contribution >= 4 is 0 Å². The summed E-state index contributed by atoms with van der Waals surface area (Å²) in [5.74, 6) is 0.938. The lowest BCUT2D eigenvalue weighted by molar-refractivity contribution is 0.300. The average molecular weight is 207 g/mol. The van der Waals surface area contributed by atoms with Crippen LogP contribution in [0.5, 0.6) is 0 Å². The predicted molar refractivity (Wildman–Crippen MR) is 61.6 cm³/mol. The molecule has 1 aromatic heterocycles. The van der Waals surface area contributed by atoms with Gasteiger partial charge in [-0.1, -0.05) is 13.3 Å². The quantitative estimate of drug-likeness (QED) is 0.775. The smallest absolute Gasteiger partial charge is 0.0522 e. The van der Waals surface area contributed by atoms with Crippen LogP contribution in [0.1, 0.15) is 38.3 Å². The summed E-state index contributed by atoms with van der Waals surface area (Å²) >= 11 is 0. The molecule has 15 heavy (non-hydrogen) atoms. The summed E-state index contributed by atoms with van der Waals surface area (Å²) in [7, 11) is 0. The van der Waals surface area contributed by atoms with Crippen LogP contribution in [-0.4, -0.2) is 16.3 Å². The summed E-state index contributed by atoms with van der Waals surface area (Å²) in [6.07, 6.45) is 7.32. The molecule has 1 aliphatic carbocycles. The van der Waals surface area contributed by atoms with Gasteiger partial charge >= 0.3 is 0 Å². The second-order valence-corrected chi connectivity index (χ2v) is 4.47. The first-order valence-electron chi connectivity index (χ1n) is 6.11. The predicted octanol–water partition coefficient (Wildman–Crippen LogP) is 2.18. The molecule has 3 heteroatoms. The van der Waals surface area contributed by atoms with Crippen LogP contribution in [-0.2, 0) is 13.1 Å². The molecular formula is C12H21N3. The number of hydrogen-bond donors (Lipinski definition) is 1. The van der Waals surface area contributed by atoms with Gasteiger partial charge in [0, 0.05) is 19.3 Å². The van der Waals surface area contributed by atoms with E-state index in [4.69, 9.17) is 0 Å². The Hall–Kier alpha value is -0.830. The monoisotopic (exact) mass is 207 g/mol. The number of aromatic nitrogens is 2. The molecule has 0 spiro atoms. The number of rotatable bonds is 6. The highest BCUT2D eigenvalue weighted by Crippen LogP contribution is 2.25. The Labute approximate surface area is 91.9 Å². The molecule has 1 aromatic rings. The molecule has 0 radical (unpaired) electrons. The summed E-state index contributed by atoms with van der Waals surface area (Å²) in [6, 6.07) is 2.11. The van der Waals surface area contributed by atoms with Crippen LogP contribution in [0.25, 0.3) is 0 Å². The van der Waals surface area contributed by atoms with Crippen molar-refractivity contribution in [3.63, 3.8) is 0 Å². The van der Waals surface area contributed by atoms with Crippen molar-refractivity contribution < 1.29 is 0 Å². The van der Waals surface area contributed by atoms with Gasteiger partial charge in [0.05, 0.1) is 5.69 Å². The Morgan fingerprint density at radius 1 is 1.53 bits per heavy atom. The van der Waals surface area contributed by atoms with Crippen LogP contribution in [0, 0.1) is 5.92 Å². The second kappa shape index (κ2) is 5.31. The summed E-state index contributed by atoms with van der Waals surface area (Å²) in [6.45, 7) is 5.37. The van der Waals surface area contributed by atoms with E-state index in [1.165, 1.54) is 31.5 Å². The third kappa shape index (κ3) is 2.81. The maximum Gasteiger partial charge on any atom is 0.0522 e. The third-order valence-corrected chi connectivity index (χ3v) is 3.20. The Balaban J connectivity index is 1.73. The molecule has 3 nitrogen and oxygen atoms in total. The molecule has 1 saturated carbocycles. The van der Waals surface area contributed by atoms with Crippen LogP contribution in [0.4, 0.5) is 0 Å². The van der Waals surface area contributed by atoms with Crippen LogP contribution in [0.15, 0.2) is 12.3 Å². The number of aryl methyl sites for hydroxylation is 1. The zero-order valence-corrected chi connectivity index (χ0v) is 9.58. The molecule has 1 fully saturated rings. The van der Waals surface area contributed by atoms with Crippen molar-refractivity contribution in [2.45, 2.75) is 45.7 Å². The molecule has 0 atom stereocenters. The fraction of sp³-hybridized carbons (Fsp3) is 0.750. The highest BCUT2D eigenvalue weighted by Gasteiger charge is 2.16. The van der Waals surface area contributed by atoms with Crippen molar-refractivity contribution in [2.75, 3.05) is 6.54 Å². The lowest BCUT2D eigenvalue weighted by Crippen LogP contribution is -2.27. The van der Waals surface area contributed by atoms with Gasteiger partial charge < -0.3 is 5.32 Å². The number of nitrogens with one attached hydrogen (secondary N) is 1. The van der Waals surface area contributed by atoms with Crippen LogP contribution < -0.4 is 5.32 Å². The molecule has 0 aromatic carbocycles. The summed E-state index contributed by atoms with van der Waals surface area (Å²) in [4.78, 5) is 0. The van der Waals surface area contributed by atoms with Crippen molar-refractivity contribution in [1.29, 1.82) is 0 Å². The maximum atomic E-state index is 4.31. The molecule has 84 valence electrons. The van der Waals surface area contributed by atoms with E-state index in [1.54, 1.807) is 0 Å². The first-order valence-corrected chi connectivity index (χ1v) is 6.11. The maximum absolute atomic E-state index is 4.31. The van der Waals surface area contributed by atoms with Gasteiger partial charge in [-0.2, -0.15) is 5.10 Å². The van der Waals surface area contributed by atoms with E-state index >= 15 is 0 Å². The zero-order valence-electron chi connectivity index (χ0n) is 9.58. The van der Waals surface area contributed by atoms with Crippen molar-refractivity contribution in [2.24, 2.45) is 5.92 Å². The van der Waals surface area contributed by atoms with Gasteiger partial charge in [-0.3, -0.25) is 4.68 Å². The summed E-state index contributed by atoms with van der Waals surface area (Å²) in [5, 5.41) is 7.84. The third-order valence-electron chi connectivity index (χ3n) is 3.20. The molecule has 1 heterocycles. The van der Waals surface area contributed by atoms with Crippen molar-refractivity contribution in [1.82, 2.24) is 15.1 Å². The lowest BCUT2D eigenvalue weighted by Gasteiger charge is -2.25. The minimum atomic E-state index is 0.938. The highest BCUT2D eigenvalue weighted by atomic mass is 15.3. The van der Waals surface area contributed by atoms with Crippen molar-refractivity contribution in [3.05, 3.63) is 18.0 Å². The van der Waals surface area contributed by atoms with Gasteiger partial charge in [0.15, 0.2) is 0 Å². The number of hydrogen-bond acceptors (Lipinski definition) is 2. The van der Waals surface area contributed by atoms with Gasteiger partial charge in [-0.25, -0.2) is 0 Å². The highest BCUT2D eigenvalue weighted by molar-refractivity contribution is 5.00. The molecule has 0 unspecified atom stereocenters. The van der Waals surface area contributed by atoms with Gasteiger partial charge in [0.25, 0.3) is 0 Å². The molecule has 0 bridgehead atoms. The van der Waals surface area contributed by atoms with Crippen molar-refractivity contribution in [3.8, 4) is 0 Å². The summed E-state index contributed by atoms with van der Waals surface area (Å²) < 4.78 is 2.10. The Morgan fingerprint density at radius 2 is 2.40 bits per heavy atom. The summed E-state index contributed by atoms with van der Waals surface area (Å²) in [5.41, 5.74) is 1.32. The fourth-order valence-electron chi connectivity index (χ4n) is 2.02. The zero-order chi connectivity index (χ0) is 10.5. The molecule has 1 aliphatic rings. The van der Waals surface area contributed by atoms with Gasteiger partial charge in [0.2, 0.25) is 0 Å². The van der Waals surface area contributed by atoms with E-state index in [-0.39, 0.29) is 0 Å². The molecule has 0 saturated heterocycles. The molecule has 0 aliphatic heterocycles. The minimum Gasteiger partial charge on any atom is -0.311 e. The van der Waals surface area contributed by atoms with Crippen LogP contribution in [0.3, 0.4) is 0 Å². The standard InChI is InChI=1S/C12H21N3/c1-2-8-15-12(6-7-14-15)10-13-9-11-4-3-5-11/h6-7,11,13H,2-5,8-10H2,1H3. The molecule has 0 amide bonds. The van der Waals surface area contributed by atoms with E-state index in [0.29, 0.717) is 0 Å².